The maximum Gasteiger partial charge on any atom is 0.169 e. The summed E-state index contributed by atoms with van der Waals surface area (Å²) in [6.07, 6.45) is 13.9. The lowest BCUT2D eigenvalue weighted by Crippen LogP contribution is -2.25. The molecule has 10 heteroatoms. The second-order valence-corrected chi connectivity index (χ2v) is 8.17. The van der Waals surface area contributed by atoms with Crippen LogP contribution in [0.2, 0.25) is 0 Å². The summed E-state index contributed by atoms with van der Waals surface area (Å²) in [5, 5.41) is 27.0. The third-order valence-electron chi connectivity index (χ3n) is 6.12. The van der Waals surface area contributed by atoms with E-state index in [0.29, 0.717) is 11.4 Å². The van der Waals surface area contributed by atoms with Crippen LogP contribution >= 0.6 is 0 Å². The Morgan fingerprint density at radius 1 is 1.06 bits per heavy atom. The van der Waals surface area contributed by atoms with Crippen LogP contribution in [0, 0.1) is 17.2 Å². The zero-order chi connectivity index (χ0) is 20.8. The summed E-state index contributed by atoms with van der Waals surface area (Å²) in [7, 11) is 0. The number of nitrogens with zero attached hydrogens (tertiary/aromatic N) is 9. The van der Waals surface area contributed by atoms with E-state index in [0.717, 1.165) is 55.5 Å². The number of aromatic nitrogens is 8. The van der Waals surface area contributed by atoms with Crippen LogP contribution in [-0.2, 0) is 4.74 Å². The van der Waals surface area contributed by atoms with Crippen molar-refractivity contribution in [2.24, 2.45) is 5.92 Å². The van der Waals surface area contributed by atoms with Crippen LogP contribution in [-0.4, -0.2) is 46.0 Å². The Labute approximate surface area is 178 Å². The third kappa shape index (κ3) is 3.18. The molecular formula is C21H21N9O. The summed E-state index contributed by atoms with van der Waals surface area (Å²) in [6, 6.07) is 4.53. The molecule has 10 nitrogen and oxygen atoms in total. The van der Waals surface area contributed by atoms with Gasteiger partial charge in [0.05, 0.1) is 54.0 Å². The molecule has 2 aliphatic rings. The summed E-state index contributed by atoms with van der Waals surface area (Å²) in [5.41, 5.74) is 3.97. The van der Waals surface area contributed by atoms with Crippen LogP contribution in [0.3, 0.4) is 0 Å². The maximum absolute atomic E-state index is 9.03. The SMILES string of the molecule is N#CC1CC(n2cc(-c3nc(-c4cnn(C5CCCCO5)n4)cn4nccc34)cn2)C1. The minimum Gasteiger partial charge on any atom is -0.355 e. The van der Waals surface area contributed by atoms with Gasteiger partial charge in [-0.3, -0.25) is 4.68 Å². The topological polar surface area (TPSA) is 112 Å². The third-order valence-corrected chi connectivity index (χ3v) is 6.12. The first-order chi connectivity index (χ1) is 15.3. The van der Waals surface area contributed by atoms with Crippen LogP contribution < -0.4 is 0 Å². The first-order valence-corrected chi connectivity index (χ1v) is 10.6. The van der Waals surface area contributed by atoms with Gasteiger partial charge in [0, 0.05) is 18.4 Å². The van der Waals surface area contributed by atoms with Gasteiger partial charge in [0.1, 0.15) is 11.4 Å². The summed E-state index contributed by atoms with van der Waals surface area (Å²) in [4.78, 5) is 6.54. The van der Waals surface area contributed by atoms with Crippen LogP contribution in [0.4, 0.5) is 0 Å². The predicted octanol–water partition coefficient (Wildman–Crippen LogP) is 3.03. The molecule has 1 saturated heterocycles. The van der Waals surface area contributed by atoms with Crippen molar-refractivity contribution in [1.82, 2.24) is 39.4 Å². The molecule has 0 N–H and O–H groups in total. The number of nitriles is 1. The fourth-order valence-corrected chi connectivity index (χ4v) is 4.27. The van der Waals surface area contributed by atoms with E-state index in [4.69, 9.17) is 15.0 Å². The monoisotopic (exact) mass is 415 g/mol. The quantitative estimate of drug-likeness (QED) is 0.503. The number of ether oxygens (including phenoxy) is 1. The molecule has 0 aromatic carbocycles. The number of rotatable bonds is 4. The average molecular weight is 415 g/mol. The molecule has 31 heavy (non-hydrogen) atoms. The van der Waals surface area contributed by atoms with E-state index in [-0.39, 0.29) is 18.2 Å². The summed E-state index contributed by atoms with van der Waals surface area (Å²) < 4.78 is 9.54. The van der Waals surface area contributed by atoms with Crippen molar-refractivity contribution >= 4 is 5.52 Å². The normalized spacial score (nSPS) is 23.5. The summed E-state index contributed by atoms with van der Waals surface area (Å²) >= 11 is 0. The van der Waals surface area contributed by atoms with Gasteiger partial charge in [0.15, 0.2) is 6.23 Å². The van der Waals surface area contributed by atoms with E-state index in [9.17, 15) is 0 Å². The van der Waals surface area contributed by atoms with E-state index < -0.39 is 0 Å². The zero-order valence-corrected chi connectivity index (χ0v) is 16.9. The van der Waals surface area contributed by atoms with E-state index in [2.05, 4.69) is 26.5 Å². The van der Waals surface area contributed by atoms with Crippen molar-refractivity contribution < 1.29 is 4.74 Å². The van der Waals surface area contributed by atoms with E-state index in [1.165, 1.54) is 0 Å². The average Bonchev–Trinajstić information content (AvgIpc) is 3.53. The van der Waals surface area contributed by atoms with Crippen molar-refractivity contribution in [1.29, 1.82) is 5.26 Å². The highest BCUT2D eigenvalue weighted by Gasteiger charge is 2.31. The molecule has 6 rings (SSSR count). The molecule has 5 heterocycles. The lowest BCUT2D eigenvalue weighted by atomic mass is 9.81. The van der Waals surface area contributed by atoms with Gasteiger partial charge in [-0.25, -0.2) is 9.50 Å². The minimum absolute atomic E-state index is 0.117. The van der Waals surface area contributed by atoms with Gasteiger partial charge in [-0.1, -0.05) is 0 Å². The molecular weight excluding hydrogens is 394 g/mol. The molecule has 1 aliphatic carbocycles. The van der Waals surface area contributed by atoms with E-state index in [1.807, 2.05) is 29.3 Å². The fraction of sp³-hybridized carbons (Fsp3) is 0.429. The smallest absolute Gasteiger partial charge is 0.169 e. The van der Waals surface area contributed by atoms with Crippen LogP contribution in [0.1, 0.15) is 44.4 Å². The zero-order valence-electron chi connectivity index (χ0n) is 16.9. The Hall–Kier alpha value is -3.58. The molecule has 4 aromatic rings. The van der Waals surface area contributed by atoms with E-state index >= 15 is 0 Å². The number of hydrogen-bond donors (Lipinski definition) is 0. The van der Waals surface area contributed by atoms with Gasteiger partial charge >= 0.3 is 0 Å². The first-order valence-electron chi connectivity index (χ1n) is 10.6. The predicted molar refractivity (Wildman–Crippen MR) is 109 cm³/mol. The molecule has 0 amide bonds. The Balaban J connectivity index is 1.35. The molecule has 4 aromatic heterocycles. The maximum atomic E-state index is 9.03. The molecule has 156 valence electrons. The van der Waals surface area contributed by atoms with Gasteiger partial charge in [-0.2, -0.15) is 25.4 Å². The number of hydrogen-bond acceptors (Lipinski definition) is 7. The summed E-state index contributed by atoms with van der Waals surface area (Å²) in [5.74, 6) is 0.136. The lowest BCUT2D eigenvalue weighted by Gasteiger charge is -2.30. The molecule has 1 atom stereocenters. The second-order valence-electron chi connectivity index (χ2n) is 8.17. The Morgan fingerprint density at radius 2 is 2.00 bits per heavy atom. The standard InChI is InChI=1S/C21H21N9O/c22-9-14-7-16(8-14)28-12-15(10-24-28)21-19-4-5-23-29(19)13-18(26-21)17-11-25-30(27-17)20-3-1-2-6-31-20/h4-5,10-14,16,20H,1-3,6-8H2. The van der Waals surface area contributed by atoms with Crippen LogP contribution in [0.5, 0.6) is 0 Å². The minimum atomic E-state index is -0.117. The van der Waals surface area contributed by atoms with Crippen molar-refractivity contribution in [2.75, 3.05) is 6.61 Å². The van der Waals surface area contributed by atoms with Crippen molar-refractivity contribution in [2.45, 2.75) is 44.4 Å². The van der Waals surface area contributed by atoms with Crippen molar-refractivity contribution in [3.05, 3.63) is 37.1 Å². The molecule has 1 unspecified atom stereocenters. The molecule has 1 saturated carbocycles. The Morgan fingerprint density at radius 3 is 2.84 bits per heavy atom. The lowest BCUT2D eigenvalue weighted by molar-refractivity contribution is -0.0479. The van der Waals surface area contributed by atoms with Gasteiger partial charge < -0.3 is 4.74 Å². The van der Waals surface area contributed by atoms with E-state index in [1.54, 1.807) is 21.7 Å². The van der Waals surface area contributed by atoms with Crippen molar-refractivity contribution in [3.63, 3.8) is 0 Å². The van der Waals surface area contributed by atoms with Crippen LogP contribution in [0.15, 0.2) is 37.1 Å². The van der Waals surface area contributed by atoms with Crippen molar-refractivity contribution in [3.8, 4) is 28.7 Å². The van der Waals surface area contributed by atoms with Gasteiger partial charge in [-0.05, 0) is 38.2 Å². The Bertz CT molecular complexity index is 1270. The molecule has 1 aliphatic heterocycles. The first kappa shape index (κ1) is 18.2. The molecule has 0 spiro atoms. The largest absolute Gasteiger partial charge is 0.355 e. The van der Waals surface area contributed by atoms with Gasteiger partial charge in [-0.15, -0.1) is 5.10 Å². The Kier molecular flexibility index (Phi) is 4.28. The molecule has 0 radical (unpaired) electrons. The second kappa shape index (κ2) is 7.28. The fourth-order valence-electron chi connectivity index (χ4n) is 4.27. The summed E-state index contributed by atoms with van der Waals surface area (Å²) in [6.45, 7) is 0.739. The molecule has 0 bridgehead atoms. The highest BCUT2D eigenvalue weighted by Crippen LogP contribution is 2.37. The number of fused-ring (bicyclic) bond motifs is 1. The highest BCUT2D eigenvalue weighted by atomic mass is 16.5. The van der Waals surface area contributed by atoms with Gasteiger partial charge in [0.25, 0.3) is 0 Å². The molecule has 2 fully saturated rings. The van der Waals surface area contributed by atoms with Crippen LogP contribution in [0.25, 0.3) is 28.2 Å². The highest BCUT2D eigenvalue weighted by molar-refractivity contribution is 5.77. The van der Waals surface area contributed by atoms with Gasteiger partial charge in [0.2, 0.25) is 0 Å².